The van der Waals surface area contributed by atoms with Gasteiger partial charge in [0.15, 0.2) is 0 Å². The SMILES string of the molecule is CCCOC(=O)c1ccc(O)cc1.O=C1c2ccccc2C(=O)N1SC(Cl)(Cl)Cl. The van der Waals surface area contributed by atoms with Crippen molar-refractivity contribution >= 4 is 64.5 Å². The van der Waals surface area contributed by atoms with Gasteiger partial charge in [-0.2, -0.15) is 0 Å². The van der Waals surface area contributed by atoms with E-state index in [1.165, 1.54) is 24.3 Å². The summed E-state index contributed by atoms with van der Waals surface area (Å²) in [6, 6.07) is 12.5. The van der Waals surface area contributed by atoms with E-state index in [1.807, 2.05) is 6.92 Å². The maximum absolute atomic E-state index is 11.8. The van der Waals surface area contributed by atoms with Gasteiger partial charge in [0.1, 0.15) is 5.75 Å². The number of phenolic OH excluding ortho intramolecular Hbond substituents is 1. The minimum Gasteiger partial charge on any atom is -0.508 e. The van der Waals surface area contributed by atoms with E-state index in [1.54, 1.807) is 24.3 Å². The fraction of sp³-hybridized carbons (Fsp3) is 0.211. The molecule has 3 rings (SSSR count). The molecule has 2 aromatic rings. The number of halogens is 3. The lowest BCUT2D eigenvalue weighted by molar-refractivity contribution is 0.0504. The molecule has 6 nitrogen and oxygen atoms in total. The molecule has 0 saturated carbocycles. The molecule has 2 amide bonds. The van der Waals surface area contributed by atoms with Gasteiger partial charge in [-0.1, -0.05) is 53.9 Å². The van der Waals surface area contributed by atoms with Gasteiger partial charge >= 0.3 is 5.97 Å². The molecule has 1 aliphatic rings. The molecule has 0 aromatic heterocycles. The minimum absolute atomic E-state index is 0.145. The van der Waals surface area contributed by atoms with Crippen LogP contribution in [0.15, 0.2) is 48.5 Å². The number of imide groups is 1. The maximum Gasteiger partial charge on any atom is 0.338 e. The van der Waals surface area contributed by atoms with E-state index in [4.69, 9.17) is 44.6 Å². The second-order valence-corrected chi connectivity index (χ2v) is 9.78. The van der Waals surface area contributed by atoms with Gasteiger partial charge in [0.25, 0.3) is 14.9 Å². The summed E-state index contributed by atoms with van der Waals surface area (Å²) in [5, 5.41) is 8.96. The van der Waals surface area contributed by atoms with E-state index in [2.05, 4.69) is 0 Å². The van der Waals surface area contributed by atoms with Crippen LogP contribution in [-0.2, 0) is 4.74 Å². The Hall–Kier alpha value is -1.93. The van der Waals surface area contributed by atoms with Crippen molar-refractivity contribution in [1.82, 2.24) is 4.31 Å². The molecular weight excluding hydrogens is 461 g/mol. The van der Waals surface area contributed by atoms with Gasteiger partial charge in [-0.15, -0.1) is 0 Å². The summed E-state index contributed by atoms with van der Waals surface area (Å²) in [6.45, 7) is 2.36. The summed E-state index contributed by atoms with van der Waals surface area (Å²) in [4.78, 5) is 34.8. The number of alkyl halides is 3. The van der Waals surface area contributed by atoms with Crippen LogP contribution in [0.5, 0.6) is 5.75 Å². The Morgan fingerprint density at radius 3 is 2.00 bits per heavy atom. The maximum atomic E-state index is 11.8. The molecule has 0 radical (unpaired) electrons. The molecule has 1 aliphatic heterocycles. The lowest BCUT2D eigenvalue weighted by Gasteiger charge is -2.17. The largest absolute Gasteiger partial charge is 0.508 e. The van der Waals surface area contributed by atoms with Gasteiger partial charge in [-0.25, -0.2) is 9.10 Å². The van der Waals surface area contributed by atoms with Crippen LogP contribution in [0.4, 0.5) is 0 Å². The number of fused-ring (bicyclic) bond motifs is 1. The van der Waals surface area contributed by atoms with Crippen LogP contribution in [0.25, 0.3) is 0 Å². The number of aromatic hydroxyl groups is 1. The van der Waals surface area contributed by atoms with Crippen LogP contribution in [0.2, 0.25) is 0 Å². The van der Waals surface area contributed by atoms with Crippen LogP contribution < -0.4 is 0 Å². The highest BCUT2D eigenvalue weighted by molar-refractivity contribution is 8.03. The van der Waals surface area contributed by atoms with Crippen LogP contribution >= 0.6 is 46.8 Å². The first-order valence-electron chi connectivity index (χ1n) is 8.34. The standard InChI is InChI=1S/C10H12O3.C9H4Cl3NO2S/c1-2-7-13-10(12)8-3-5-9(11)6-4-8;10-9(11,12)16-13-7(14)5-3-1-2-4-6(5)8(13)15/h3-6,11H,2,7H2,1H3;1-4H. The summed E-state index contributed by atoms with van der Waals surface area (Å²) < 4.78 is 4.01. The summed E-state index contributed by atoms with van der Waals surface area (Å²) in [6.07, 6.45) is 0.809. The number of carbonyl (C=O) groups is 3. The highest BCUT2D eigenvalue weighted by Crippen LogP contribution is 2.43. The highest BCUT2D eigenvalue weighted by atomic mass is 35.6. The van der Waals surface area contributed by atoms with Crippen molar-refractivity contribution in [3.63, 3.8) is 0 Å². The molecule has 29 heavy (non-hydrogen) atoms. The Morgan fingerprint density at radius 1 is 1.03 bits per heavy atom. The Morgan fingerprint density at radius 2 is 1.55 bits per heavy atom. The lowest BCUT2D eigenvalue weighted by Crippen LogP contribution is -2.25. The van der Waals surface area contributed by atoms with Gasteiger partial charge in [0.2, 0.25) is 0 Å². The predicted molar refractivity (Wildman–Crippen MR) is 114 cm³/mol. The number of amides is 2. The Balaban J connectivity index is 0.000000212. The Kier molecular flexibility index (Phi) is 8.22. The normalized spacial score (nSPS) is 12.9. The quantitative estimate of drug-likeness (QED) is 0.282. The van der Waals surface area contributed by atoms with Gasteiger partial charge in [0.05, 0.1) is 23.3 Å². The molecule has 0 unspecified atom stereocenters. The van der Waals surface area contributed by atoms with Gasteiger partial charge in [0, 0.05) is 11.9 Å². The number of nitrogens with zero attached hydrogens (tertiary/aromatic N) is 1. The molecule has 0 fully saturated rings. The molecule has 1 N–H and O–H groups in total. The zero-order valence-electron chi connectivity index (χ0n) is 15.1. The first-order valence-corrected chi connectivity index (χ1v) is 10.2. The predicted octanol–water partition coefficient (Wildman–Crippen LogP) is 5.22. The molecule has 0 spiro atoms. The number of ether oxygens (including phenoxy) is 1. The van der Waals surface area contributed by atoms with Crippen molar-refractivity contribution in [3.8, 4) is 5.75 Å². The van der Waals surface area contributed by atoms with Gasteiger partial charge in [-0.3, -0.25) is 9.59 Å². The Bertz CT molecular complexity index is 864. The van der Waals surface area contributed by atoms with Crippen molar-refractivity contribution in [3.05, 3.63) is 65.2 Å². The van der Waals surface area contributed by atoms with E-state index >= 15 is 0 Å². The number of rotatable bonds is 4. The van der Waals surface area contributed by atoms with Crippen molar-refractivity contribution in [2.45, 2.75) is 16.5 Å². The van der Waals surface area contributed by atoms with Gasteiger partial charge < -0.3 is 9.84 Å². The number of benzene rings is 2. The third-order valence-corrected chi connectivity index (χ3v) is 4.83. The molecule has 0 aliphatic carbocycles. The number of phenols is 1. The minimum atomic E-state index is -1.74. The fourth-order valence-corrected chi connectivity index (χ4v) is 3.42. The van der Waals surface area contributed by atoms with Crippen LogP contribution in [0.1, 0.15) is 44.4 Å². The third-order valence-electron chi connectivity index (χ3n) is 3.49. The number of hydrogen-bond acceptors (Lipinski definition) is 6. The second kappa shape index (κ2) is 10.2. The average molecular weight is 477 g/mol. The van der Waals surface area contributed by atoms with E-state index < -0.39 is 14.9 Å². The van der Waals surface area contributed by atoms with Crippen LogP contribution in [0, 0.1) is 0 Å². The highest BCUT2D eigenvalue weighted by Gasteiger charge is 2.40. The molecule has 154 valence electrons. The summed E-state index contributed by atoms with van der Waals surface area (Å²) in [5.41, 5.74) is 1.12. The van der Waals surface area contributed by atoms with Crippen molar-refractivity contribution < 1.29 is 24.2 Å². The number of carbonyl (C=O) groups excluding carboxylic acids is 3. The molecule has 2 aromatic carbocycles. The van der Waals surface area contributed by atoms with Crippen LogP contribution in [-0.4, -0.2) is 36.9 Å². The number of hydrogen-bond donors (Lipinski definition) is 1. The molecular formula is C19H16Cl3NO5S. The monoisotopic (exact) mass is 475 g/mol. The molecule has 10 heteroatoms. The zero-order valence-corrected chi connectivity index (χ0v) is 18.2. The second-order valence-electron chi connectivity index (χ2n) is 5.67. The van der Waals surface area contributed by atoms with Crippen molar-refractivity contribution in [2.75, 3.05) is 6.61 Å². The topological polar surface area (TPSA) is 83.9 Å². The average Bonchev–Trinajstić information content (AvgIpc) is 2.91. The first-order chi connectivity index (χ1) is 13.6. The summed E-state index contributed by atoms with van der Waals surface area (Å²) in [7, 11) is 0. The lowest BCUT2D eigenvalue weighted by atomic mass is 10.1. The van der Waals surface area contributed by atoms with E-state index in [0.29, 0.717) is 35.2 Å². The molecule has 1 heterocycles. The number of esters is 1. The zero-order chi connectivity index (χ0) is 21.6. The first kappa shape index (κ1) is 23.3. The summed E-state index contributed by atoms with van der Waals surface area (Å²) >= 11 is 17.2. The van der Waals surface area contributed by atoms with E-state index in [0.717, 1.165) is 10.7 Å². The van der Waals surface area contributed by atoms with Crippen molar-refractivity contribution in [1.29, 1.82) is 0 Å². The van der Waals surface area contributed by atoms with E-state index in [9.17, 15) is 14.4 Å². The molecule has 0 atom stereocenters. The van der Waals surface area contributed by atoms with Crippen molar-refractivity contribution in [2.24, 2.45) is 0 Å². The third kappa shape index (κ3) is 6.54. The molecule has 0 saturated heterocycles. The van der Waals surface area contributed by atoms with Crippen LogP contribution in [0.3, 0.4) is 0 Å². The Labute approximate surface area is 186 Å². The van der Waals surface area contributed by atoms with Gasteiger partial charge in [-0.05, 0) is 42.8 Å². The smallest absolute Gasteiger partial charge is 0.338 e. The summed E-state index contributed by atoms with van der Waals surface area (Å²) in [5.74, 6) is -1.12. The van der Waals surface area contributed by atoms with E-state index in [-0.39, 0.29) is 11.7 Å². The fourth-order valence-electron chi connectivity index (χ4n) is 2.23. The molecule has 0 bridgehead atoms.